The van der Waals surface area contributed by atoms with E-state index in [0.717, 1.165) is 18.5 Å². The fraction of sp³-hybridized carbons (Fsp3) is 0.385. The molecule has 1 atom stereocenters. The summed E-state index contributed by atoms with van der Waals surface area (Å²) in [4.78, 5) is 0. The highest BCUT2D eigenvalue weighted by Gasteiger charge is 2.08. The SMILES string of the molecule is Cc1cccc(CC(N)Cc2cn(C)nn2)c1. The van der Waals surface area contributed by atoms with E-state index in [0.29, 0.717) is 0 Å². The smallest absolute Gasteiger partial charge is 0.0842 e. The Bertz CT molecular complexity index is 490. The van der Waals surface area contributed by atoms with Gasteiger partial charge < -0.3 is 5.73 Å². The molecule has 0 aliphatic carbocycles. The van der Waals surface area contributed by atoms with E-state index in [4.69, 9.17) is 5.73 Å². The third-order valence-corrected chi connectivity index (χ3v) is 2.70. The normalized spacial score (nSPS) is 12.6. The zero-order valence-corrected chi connectivity index (χ0v) is 10.3. The lowest BCUT2D eigenvalue weighted by molar-refractivity contribution is 0.651. The predicted octanol–water partition coefficient (Wildman–Crippen LogP) is 1.24. The quantitative estimate of drug-likeness (QED) is 0.859. The van der Waals surface area contributed by atoms with Gasteiger partial charge in [-0.25, -0.2) is 0 Å². The van der Waals surface area contributed by atoms with Crippen LogP contribution in [-0.4, -0.2) is 21.0 Å². The van der Waals surface area contributed by atoms with Crippen molar-refractivity contribution < 1.29 is 0 Å². The molecule has 2 aromatic rings. The minimum absolute atomic E-state index is 0.0912. The molecule has 4 heteroatoms. The molecule has 0 radical (unpaired) electrons. The fourth-order valence-electron chi connectivity index (χ4n) is 1.97. The van der Waals surface area contributed by atoms with E-state index < -0.39 is 0 Å². The molecule has 0 aliphatic heterocycles. The highest BCUT2D eigenvalue weighted by atomic mass is 15.4. The average molecular weight is 230 g/mol. The molecule has 90 valence electrons. The van der Waals surface area contributed by atoms with Gasteiger partial charge in [-0.2, -0.15) is 0 Å². The van der Waals surface area contributed by atoms with Gasteiger partial charge in [0.1, 0.15) is 0 Å². The number of hydrogen-bond donors (Lipinski definition) is 1. The van der Waals surface area contributed by atoms with Crippen LogP contribution in [-0.2, 0) is 19.9 Å². The number of hydrogen-bond acceptors (Lipinski definition) is 3. The van der Waals surface area contributed by atoms with Gasteiger partial charge >= 0.3 is 0 Å². The number of aromatic nitrogens is 3. The number of nitrogens with zero attached hydrogens (tertiary/aromatic N) is 3. The Labute approximate surface area is 101 Å². The highest BCUT2D eigenvalue weighted by Crippen LogP contribution is 2.08. The first-order chi connectivity index (χ1) is 8.13. The van der Waals surface area contributed by atoms with Crippen LogP contribution in [0.5, 0.6) is 0 Å². The van der Waals surface area contributed by atoms with E-state index in [1.165, 1.54) is 11.1 Å². The molecule has 1 heterocycles. The maximum absolute atomic E-state index is 6.12. The Balaban J connectivity index is 1.95. The molecule has 0 amide bonds. The largest absolute Gasteiger partial charge is 0.327 e. The Morgan fingerprint density at radius 2 is 2.18 bits per heavy atom. The number of rotatable bonds is 4. The van der Waals surface area contributed by atoms with Crippen molar-refractivity contribution in [3.05, 3.63) is 47.3 Å². The van der Waals surface area contributed by atoms with Gasteiger partial charge in [-0.3, -0.25) is 4.68 Å². The molecule has 0 saturated heterocycles. The van der Waals surface area contributed by atoms with Crippen molar-refractivity contribution in [1.82, 2.24) is 15.0 Å². The summed E-state index contributed by atoms with van der Waals surface area (Å²) in [7, 11) is 1.86. The molecule has 0 aliphatic rings. The molecule has 1 aromatic carbocycles. The molecular weight excluding hydrogens is 212 g/mol. The van der Waals surface area contributed by atoms with Gasteiger partial charge in [-0.1, -0.05) is 35.0 Å². The first-order valence-electron chi connectivity index (χ1n) is 5.80. The van der Waals surface area contributed by atoms with Gasteiger partial charge in [-0.15, -0.1) is 5.10 Å². The minimum Gasteiger partial charge on any atom is -0.327 e. The fourth-order valence-corrected chi connectivity index (χ4v) is 1.97. The Kier molecular flexibility index (Phi) is 3.54. The van der Waals surface area contributed by atoms with Crippen LogP contribution in [0.1, 0.15) is 16.8 Å². The van der Waals surface area contributed by atoms with Crippen molar-refractivity contribution in [2.24, 2.45) is 12.8 Å². The molecule has 17 heavy (non-hydrogen) atoms. The van der Waals surface area contributed by atoms with E-state index in [-0.39, 0.29) is 6.04 Å². The van der Waals surface area contributed by atoms with Crippen LogP contribution in [0.4, 0.5) is 0 Å². The Morgan fingerprint density at radius 3 is 2.82 bits per heavy atom. The van der Waals surface area contributed by atoms with Gasteiger partial charge in [0.15, 0.2) is 0 Å². The molecule has 1 unspecified atom stereocenters. The molecule has 0 saturated carbocycles. The first-order valence-corrected chi connectivity index (χ1v) is 5.80. The predicted molar refractivity (Wildman–Crippen MR) is 67.6 cm³/mol. The third-order valence-electron chi connectivity index (χ3n) is 2.70. The summed E-state index contributed by atoms with van der Waals surface area (Å²) in [5, 5.41) is 7.95. The van der Waals surface area contributed by atoms with Crippen LogP contribution in [0, 0.1) is 6.92 Å². The maximum atomic E-state index is 6.12. The second-order valence-electron chi connectivity index (χ2n) is 4.54. The average Bonchev–Trinajstić information content (AvgIpc) is 2.63. The van der Waals surface area contributed by atoms with Crippen molar-refractivity contribution in [2.45, 2.75) is 25.8 Å². The highest BCUT2D eigenvalue weighted by molar-refractivity contribution is 5.23. The standard InChI is InChI=1S/C13H18N4/c1-10-4-3-5-11(6-10)7-12(14)8-13-9-17(2)16-15-13/h3-6,9,12H,7-8,14H2,1-2H3. The Hall–Kier alpha value is -1.68. The summed E-state index contributed by atoms with van der Waals surface area (Å²) < 4.78 is 1.70. The van der Waals surface area contributed by atoms with E-state index >= 15 is 0 Å². The lowest BCUT2D eigenvalue weighted by Crippen LogP contribution is -2.25. The van der Waals surface area contributed by atoms with Crippen molar-refractivity contribution >= 4 is 0 Å². The van der Waals surface area contributed by atoms with Crippen LogP contribution >= 0.6 is 0 Å². The maximum Gasteiger partial charge on any atom is 0.0842 e. The van der Waals surface area contributed by atoms with Crippen LogP contribution in [0.25, 0.3) is 0 Å². The van der Waals surface area contributed by atoms with E-state index in [2.05, 4.69) is 41.5 Å². The second kappa shape index (κ2) is 5.10. The van der Waals surface area contributed by atoms with Crippen LogP contribution in [0.15, 0.2) is 30.5 Å². The zero-order chi connectivity index (χ0) is 12.3. The van der Waals surface area contributed by atoms with Crippen molar-refractivity contribution in [3.8, 4) is 0 Å². The summed E-state index contributed by atoms with van der Waals surface area (Å²) in [5.41, 5.74) is 9.62. The van der Waals surface area contributed by atoms with E-state index in [1.807, 2.05) is 13.2 Å². The molecule has 2 N–H and O–H groups in total. The topological polar surface area (TPSA) is 56.7 Å². The molecule has 2 rings (SSSR count). The second-order valence-corrected chi connectivity index (χ2v) is 4.54. The number of nitrogens with two attached hydrogens (primary N) is 1. The lowest BCUT2D eigenvalue weighted by atomic mass is 10.0. The summed E-state index contributed by atoms with van der Waals surface area (Å²) in [6.07, 6.45) is 3.55. The molecule has 0 bridgehead atoms. The van der Waals surface area contributed by atoms with Crippen molar-refractivity contribution in [2.75, 3.05) is 0 Å². The lowest BCUT2D eigenvalue weighted by Gasteiger charge is -2.10. The number of benzene rings is 1. The summed E-state index contributed by atoms with van der Waals surface area (Å²) >= 11 is 0. The van der Waals surface area contributed by atoms with E-state index in [1.54, 1.807) is 4.68 Å². The van der Waals surface area contributed by atoms with Crippen LogP contribution in [0.2, 0.25) is 0 Å². The Morgan fingerprint density at radius 1 is 1.35 bits per heavy atom. The van der Waals surface area contributed by atoms with Crippen molar-refractivity contribution in [3.63, 3.8) is 0 Å². The van der Waals surface area contributed by atoms with Crippen LogP contribution < -0.4 is 5.73 Å². The molecule has 0 spiro atoms. The number of aryl methyl sites for hydroxylation is 2. The zero-order valence-electron chi connectivity index (χ0n) is 10.3. The molecule has 4 nitrogen and oxygen atoms in total. The van der Waals surface area contributed by atoms with Gasteiger partial charge in [0, 0.05) is 25.7 Å². The van der Waals surface area contributed by atoms with Gasteiger partial charge in [-0.05, 0) is 18.9 Å². The first kappa shape index (κ1) is 11.8. The summed E-state index contributed by atoms with van der Waals surface area (Å²) in [6.45, 7) is 2.09. The van der Waals surface area contributed by atoms with Crippen molar-refractivity contribution in [1.29, 1.82) is 0 Å². The molecule has 0 fully saturated rings. The van der Waals surface area contributed by atoms with Gasteiger partial charge in [0.05, 0.1) is 5.69 Å². The van der Waals surface area contributed by atoms with Crippen LogP contribution in [0.3, 0.4) is 0 Å². The minimum atomic E-state index is 0.0912. The monoisotopic (exact) mass is 230 g/mol. The van der Waals surface area contributed by atoms with Gasteiger partial charge in [0.25, 0.3) is 0 Å². The summed E-state index contributed by atoms with van der Waals surface area (Å²) in [6, 6.07) is 8.55. The molecule has 1 aromatic heterocycles. The third kappa shape index (κ3) is 3.39. The summed E-state index contributed by atoms with van der Waals surface area (Å²) in [5.74, 6) is 0. The van der Waals surface area contributed by atoms with Gasteiger partial charge in [0.2, 0.25) is 0 Å². The molecular formula is C13H18N4. The van der Waals surface area contributed by atoms with E-state index in [9.17, 15) is 0 Å².